The van der Waals surface area contributed by atoms with E-state index in [0.717, 1.165) is 29.0 Å². The molecule has 0 bridgehead atoms. The van der Waals surface area contributed by atoms with Crippen molar-refractivity contribution in [3.63, 3.8) is 0 Å². The number of hydrogen-bond donors (Lipinski definition) is 1. The number of aliphatic hydroxyl groups is 1. The Bertz CT molecular complexity index is 864. The molecule has 3 aromatic rings. The number of para-hydroxylation sites is 1. The van der Waals surface area contributed by atoms with E-state index in [-0.39, 0.29) is 6.10 Å². The molecule has 0 aliphatic carbocycles. The van der Waals surface area contributed by atoms with Crippen LogP contribution in [-0.2, 0) is 13.0 Å². The van der Waals surface area contributed by atoms with Gasteiger partial charge in [0.25, 0.3) is 0 Å². The predicted octanol–water partition coefficient (Wildman–Crippen LogP) is 4.34. The van der Waals surface area contributed by atoms with E-state index in [9.17, 15) is 5.11 Å². The molecule has 0 aliphatic heterocycles. The first-order valence-corrected chi connectivity index (χ1v) is 8.93. The van der Waals surface area contributed by atoms with E-state index >= 15 is 0 Å². The van der Waals surface area contributed by atoms with Crippen molar-refractivity contribution in [1.82, 2.24) is 9.97 Å². The first kappa shape index (κ1) is 18.1. The molecule has 26 heavy (non-hydrogen) atoms. The summed E-state index contributed by atoms with van der Waals surface area (Å²) in [5.74, 6) is 1.49. The Morgan fingerprint density at radius 1 is 1.08 bits per heavy atom. The van der Waals surface area contributed by atoms with Gasteiger partial charge in [0.05, 0.1) is 11.8 Å². The van der Waals surface area contributed by atoms with Crippen LogP contribution in [0.2, 0.25) is 0 Å². The number of aliphatic hydroxyl groups excluding tert-OH is 1. The minimum absolute atomic E-state index is 0.355. The normalized spacial score (nSPS) is 12.0. The number of hydrogen-bond acceptors (Lipinski definition) is 4. The fourth-order valence-electron chi connectivity index (χ4n) is 2.76. The van der Waals surface area contributed by atoms with Crippen LogP contribution in [0.15, 0.2) is 60.8 Å². The van der Waals surface area contributed by atoms with E-state index in [1.54, 1.807) is 6.20 Å². The Kier molecular flexibility index (Phi) is 5.97. The second kappa shape index (κ2) is 8.59. The lowest BCUT2D eigenvalue weighted by molar-refractivity contribution is 0.169. The minimum atomic E-state index is -0.355. The molecule has 1 N–H and O–H groups in total. The average Bonchev–Trinajstić information content (AvgIpc) is 2.67. The van der Waals surface area contributed by atoms with E-state index in [1.165, 1.54) is 5.56 Å². The van der Waals surface area contributed by atoms with Crippen molar-refractivity contribution in [1.29, 1.82) is 0 Å². The van der Waals surface area contributed by atoms with Gasteiger partial charge in [0.2, 0.25) is 0 Å². The smallest absolute Gasteiger partial charge is 0.159 e. The molecule has 0 aliphatic rings. The van der Waals surface area contributed by atoms with E-state index < -0.39 is 0 Å². The average molecular weight is 348 g/mol. The van der Waals surface area contributed by atoms with E-state index in [1.807, 2.05) is 49.4 Å². The molecule has 134 valence electrons. The SMILES string of the molecule is CC[C@@H](O)Cc1ccccc1OCc1ccnc(-c2cccc(C)c2)n1. The summed E-state index contributed by atoms with van der Waals surface area (Å²) in [7, 11) is 0. The second-order valence-corrected chi connectivity index (χ2v) is 6.40. The van der Waals surface area contributed by atoms with Crippen LogP contribution in [0, 0.1) is 6.92 Å². The summed E-state index contributed by atoms with van der Waals surface area (Å²) in [6.07, 6.45) is 2.72. The lowest BCUT2D eigenvalue weighted by Crippen LogP contribution is -2.10. The van der Waals surface area contributed by atoms with Crippen molar-refractivity contribution in [3.8, 4) is 17.1 Å². The van der Waals surface area contributed by atoms with Crippen LogP contribution < -0.4 is 4.74 Å². The topological polar surface area (TPSA) is 55.2 Å². The summed E-state index contributed by atoms with van der Waals surface area (Å²) < 4.78 is 5.98. The van der Waals surface area contributed by atoms with Gasteiger partial charge >= 0.3 is 0 Å². The summed E-state index contributed by atoms with van der Waals surface area (Å²) >= 11 is 0. The maximum absolute atomic E-state index is 9.93. The third-order valence-corrected chi connectivity index (χ3v) is 4.26. The molecule has 0 saturated heterocycles. The largest absolute Gasteiger partial charge is 0.487 e. The predicted molar refractivity (Wildman–Crippen MR) is 103 cm³/mol. The third kappa shape index (κ3) is 4.67. The molecule has 4 nitrogen and oxygen atoms in total. The Morgan fingerprint density at radius 2 is 1.92 bits per heavy atom. The van der Waals surface area contributed by atoms with Gasteiger partial charge in [0.1, 0.15) is 12.4 Å². The lowest BCUT2D eigenvalue weighted by Gasteiger charge is -2.14. The first-order chi connectivity index (χ1) is 12.7. The summed E-state index contributed by atoms with van der Waals surface area (Å²) in [5.41, 5.74) is 4.01. The van der Waals surface area contributed by atoms with Crippen molar-refractivity contribution in [2.45, 2.75) is 39.4 Å². The molecule has 0 radical (unpaired) electrons. The highest BCUT2D eigenvalue weighted by atomic mass is 16.5. The summed E-state index contributed by atoms with van der Waals surface area (Å²) in [6.45, 7) is 4.39. The van der Waals surface area contributed by atoms with Crippen molar-refractivity contribution >= 4 is 0 Å². The van der Waals surface area contributed by atoms with E-state index in [4.69, 9.17) is 4.74 Å². The van der Waals surface area contributed by atoms with Crippen LogP contribution in [0.1, 0.15) is 30.2 Å². The van der Waals surface area contributed by atoms with Crippen molar-refractivity contribution in [2.75, 3.05) is 0 Å². The third-order valence-electron chi connectivity index (χ3n) is 4.26. The lowest BCUT2D eigenvalue weighted by atomic mass is 10.1. The van der Waals surface area contributed by atoms with Gasteiger partial charge < -0.3 is 9.84 Å². The minimum Gasteiger partial charge on any atom is -0.487 e. The van der Waals surface area contributed by atoms with Gasteiger partial charge in [-0.2, -0.15) is 0 Å². The zero-order chi connectivity index (χ0) is 18.4. The number of benzene rings is 2. The van der Waals surface area contributed by atoms with Gasteiger partial charge in [-0.25, -0.2) is 9.97 Å². The van der Waals surface area contributed by atoms with Crippen LogP contribution in [0.25, 0.3) is 11.4 Å². The molecular weight excluding hydrogens is 324 g/mol. The van der Waals surface area contributed by atoms with Crippen molar-refractivity contribution in [3.05, 3.63) is 77.6 Å². The van der Waals surface area contributed by atoms with Gasteiger partial charge in [-0.1, -0.05) is 48.9 Å². The summed E-state index contributed by atoms with van der Waals surface area (Å²) in [6, 6.07) is 17.8. The molecule has 0 saturated carbocycles. The first-order valence-electron chi connectivity index (χ1n) is 8.93. The molecule has 2 aromatic carbocycles. The van der Waals surface area contributed by atoms with Crippen LogP contribution in [0.3, 0.4) is 0 Å². The molecular formula is C22H24N2O2. The molecule has 3 rings (SSSR count). The fourth-order valence-corrected chi connectivity index (χ4v) is 2.76. The van der Waals surface area contributed by atoms with Crippen LogP contribution in [0.5, 0.6) is 5.75 Å². The Balaban J connectivity index is 1.74. The Morgan fingerprint density at radius 3 is 2.73 bits per heavy atom. The highest BCUT2D eigenvalue weighted by Gasteiger charge is 2.09. The highest BCUT2D eigenvalue weighted by molar-refractivity contribution is 5.55. The second-order valence-electron chi connectivity index (χ2n) is 6.40. The van der Waals surface area contributed by atoms with Gasteiger partial charge in [-0.15, -0.1) is 0 Å². The maximum atomic E-state index is 9.93. The molecule has 0 spiro atoms. The van der Waals surface area contributed by atoms with E-state index in [2.05, 4.69) is 29.0 Å². The monoisotopic (exact) mass is 348 g/mol. The molecule has 0 fully saturated rings. The summed E-state index contributed by atoms with van der Waals surface area (Å²) in [5, 5.41) is 9.93. The standard InChI is InChI=1S/C22H24N2O2/c1-3-20(25)14-17-8-4-5-10-21(17)26-15-19-11-12-23-22(24-19)18-9-6-7-16(2)13-18/h4-13,20,25H,3,14-15H2,1-2H3/t20-/m1/s1. The quantitative estimate of drug-likeness (QED) is 0.690. The highest BCUT2D eigenvalue weighted by Crippen LogP contribution is 2.22. The number of aryl methyl sites for hydroxylation is 1. The zero-order valence-corrected chi connectivity index (χ0v) is 15.2. The van der Waals surface area contributed by atoms with Gasteiger partial charge in [0.15, 0.2) is 5.82 Å². The Labute approximate surface area is 154 Å². The Hall–Kier alpha value is -2.72. The fraction of sp³-hybridized carbons (Fsp3) is 0.273. The van der Waals surface area contributed by atoms with Crippen molar-refractivity contribution in [2.24, 2.45) is 0 Å². The number of nitrogens with zero attached hydrogens (tertiary/aromatic N) is 2. The maximum Gasteiger partial charge on any atom is 0.159 e. The van der Waals surface area contributed by atoms with E-state index in [0.29, 0.717) is 18.9 Å². The zero-order valence-electron chi connectivity index (χ0n) is 15.2. The molecule has 1 aromatic heterocycles. The van der Waals surface area contributed by atoms with Crippen LogP contribution in [-0.4, -0.2) is 21.2 Å². The number of aromatic nitrogens is 2. The van der Waals surface area contributed by atoms with Gasteiger partial charge in [-0.3, -0.25) is 0 Å². The molecule has 0 amide bonds. The van der Waals surface area contributed by atoms with Gasteiger partial charge in [-0.05, 0) is 37.1 Å². The molecule has 1 heterocycles. The molecule has 4 heteroatoms. The summed E-state index contributed by atoms with van der Waals surface area (Å²) in [4.78, 5) is 8.99. The van der Waals surface area contributed by atoms with Crippen LogP contribution >= 0.6 is 0 Å². The molecule has 0 unspecified atom stereocenters. The number of rotatable bonds is 7. The van der Waals surface area contributed by atoms with Crippen LogP contribution in [0.4, 0.5) is 0 Å². The van der Waals surface area contributed by atoms with Crippen molar-refractivity contribution < 1.29 is 9.84 Å². The molecule has 1 atom stereocenters. The van der Waals surface area contributed by atoms with Gasteiger partial charge in [0, 0.05) is 18.2 Å². The number of ether oxygens (including phenoxy) is 1.